The summed E-state index contributed by atoms with van der Waals surface area (Å²) in [6, 6.07) is 0.459. The van der Waals surface area contributed by atoms with Gasteiger partial charge < -0.3 is 10.7 Å². The second-order valence-electron chi connectivity index (χ2n) is 2.56. The zero-order chi connectivity index (χ0) is 11.8. The van der Waals surface area contributed by atoms with Gasteiger partial charge >= 0.3 is 0 Å². The maximum absolute atomic E-state index is 12.4. The van der Waals surface area contributed by atoms with Crippen LogP contribution in [0.25, 0.3) is 0 Å². The number of alkyl halides is 2. The fourth-order valence-electron chi connectivity index (χ4n) is 0.993. The molecule has 1 aromatic heterocycles. The van der Waals surface area contributed by atoms with Gasteiger partial charge in [0.05, 0.1) is 5.56 Å². The lowest BCUT2D eigenvalue weighted by Crippen LogP contribution is -2.15. The Morgan fingerprint density at radius 1 is 1.47 bits per heavy atom. The van der Waals surface area contributed by atoms with Gasteiger partial charge in [0.1, 0.15) is 10.7 Å². The van der Waals surface area contributed by atoms with Gasteiger partial charge in [0, 0.05) is 16.7 Å². The average molecular weight is 259 g/mol. The quantitative estimate of drug-likeness (QED) is 0.768. The Morgan fingerprint density at radius 3 is 2.40 bits per heavy atom. The molecule has 0 unspecified atom stereocenters. The fraction of sp³-hybridized carbons (Fsp3) is 0.167. The number of halogens is 3. The highest BCUT2D eigenvalue weighted by atomic mass is 35.7. The molecule has 0 amide bonds. The van der Waals surface area contributed by atoms with E-state index in [0.29, 0.717) is 6.07 Å². The van der Waals surface area contributed by atoms with Gasteiger partial charge in [-0.15, -0.1) is 0 Å². The summed E-state index contributed by atoms with van der Waals surface area (Å²) in [5.41, 5.74) is 3.15. The van der Waals surface area contributed by atoms with Crippen molar-refractivity contribution in [1.29, 1.82) is 0 Å². The molecule has 0 saturated carbocycles. The van der Waals surface area contributed by atoms with Crippen LogP contribution in [-0.2, 0) is 9.05 Å². The molecule has 0 bridgehead atoms. The van der Waals surface area contributed by atoms with Gasteiger partial charge in [-0.05, 0) is 0 Å². The topological polar surface area (TPSA) is 93.0 Å². The van der Waals surface area contributed by atoms with Crippen LogP contribution in [0.4, 0.5) is 14.6 Å². The number of pyridine rings is 1. The molecule has 0 fully saturated rings. The Morgan fingerprint density at radius 2 is 2.00 bits per heavy atom. The van der Waals surface area contributed by atoms with Gasteiger partial charge in [0.25, 0.3) is 21.0 Å². The molecule has 1 aromatic rings. The Hall–Kier alpha value is -1.15. The van der Waals surface area contributed by atoms with Crippen molar-refractivity contribution in [3.63, 3.8) is 0 Å². The van der Waals surface area contributed by atoms with Crippen molar-refractivity contribution in [2.24, 2.45) is 0 Å². The van der Waals surface area contributed by atoms with E-state index in [4.69, 9.17) is 16.4 Å². The predicted octanol–water partition coefficient (Wildman–Crippen LogP) is 0.822. The third kappa shape index (κ3) is 2.45. The van der Waals surface area contributed by atoms with E-state index in [2.05, 4.69) is 0 Å². The molecule has 0 spiro atoms. The Bertz CT molecular complexity index is 540. The van der Waals surface area contributed by atoms with Crippen LogP contribution >= 0.6 is 10.7 Å². The van der Waals surface area contributed by atoms with E-state index < -0.39 is 37.3 Å². The third-order valence-electron chi connectivity index (χ3n) is 1.56. The zero-order valence-corrected chi connectivity index (χ0v) is 8.57. The Kier molecular flexibility index (Phi) is 3.00. The van der Waals surface area contributed by atoms with E-state index in [1.165, 1.54) is 0 Å². The first-order chi connectivity index (χ1) is 6.73. The minimum absolute atomic E-state index is 0.459. The minimum atomic E-state index is -4.43. The number of hydrogen-bond donors (Lipinski definition) is 2. The summed E-state index contributed by atoms with van der Waals surface area (Å²) < 4.78 is 46.6. The van der Waals surface area contributed by atoms with Gasteiger partial charge in [-0.3, -0.25) is 4.79 Å². The molecule has 0 aliphatic heterocycles. The first-order valence-corrected chi connectivity index (χ1v) is 5.80. The third-order valence-corrected chi connectivity index (χ3v) is 2.92. The number of anilines is 1. The lowest BCUT2D eigenvalue weighted by Gasteiger charge is -2.07. The molecule has 1 rings (SSSR count). The van der Waals surface area contributed by atoms with Crippen LogP contribution in [0.1, 0.15) is 12.0 Å². The minimum Gasteiger partial charge on any atom is -0.385 e. The van der Waals surface area contributed by atoms with Crippen molar-refractivity contribution < 1.29 is 17.2 Å². The van der Waals surface area contributed by atoms with Crippen molar-refractivity contribution >= 4 is 25.6 Å². The summed E-state index contributed by atoms with van der Waals surface area (Å²) in [6.07, 6.45) is -3.15. The van der Waals surface area contributed by atoms with Crippen LogP contribution in [0, 0.1) is 0 Å². The molecule has 15 heavy (non-hydrogen) atoms. The largest absolute Gasteiger partial charge is 0.385 e. The van der Waals surface area contributed by atoms with E-state index in [0.717, 1.165) is 0 Å². The van der Waals surface area contributed by atoms with Crippen LogP contribution < -0.4 is 11.3 Å². The van der Waals surface area contributed by atoms with Crippen molar-refractivity contribution in [3.05, 3.63) is 22.0 Å². The van der Waals surface area contributed by atoms with Crippen molar-refractivity contribution in [3.8, 4) is 0 Å². The molecule has 0 atom stereocenters. The fourth-order valence-corrected chi connectivity index (χ4v) is 2.09. The number of aromatic amines is 1. The monoisotopic (exact) mass is 258 g/mol. The van der Waals surface area contributed by atoms with E-state index in [9.17, 15) is 22.0 Å². The SMILES string of the molecule is Nc1[nH]c(=O)cc(S(=O)(=O)Cl)c1C(F)F. The lowest BCUT2D eigenvalue weighted by molar-refractivity contribution is 0.148. The van der Waals surface area contributed by atoms with E-state index >= 15 is 0 Å². The molecule has 0 aromatic carbocycles. The first kappa shape index (κ1) is 11.9. The molecular weight excluding hydrogens is 254 g/mol. The van der Waals surface area contributed by atoms with Gasteiger partial charge in [-0.2, -0.15) is 0 Å². The van der Waals surface area contributed by atoms with Crippen molar-refractivity contribution in [1.82, 2.24) is 4.98 Å². The number of nitrogens with one attached hydrogen (secondary N) is 1. The second kappa shape index (κ2) is 3.78. The molecule has 84 valence electrons. The number of nitrogens with two attached hydrogens (primary N) is 1. The highest BCUT2D eigenvalue weighted by Gasteiger charge is 2.25. The Labute approximate surface area is 87.3 Å². The summed E-state index contributed by atoms with van der Waals surface area (Å²) in [6.45, 7) is 0. The smallest absolute Gasteiger partial charge is 0.268 e. The molecule has 0 aliphatic rings. The second-order valence-corrected chi connectivity index (χ2v) is 5.10. The van der Waals surface area contributed by atoms with Crippen LogP contribution in [-0.4, -0.2) is 13.4 Å². The highest BCUT2D eigenvalue weighted by molar-refractivity contribution is 8.13. The summed E-state index contributed by atoms with van der Waals surface area (Å²) >= 11 is 0. The average Bonchev–Trinajstić information content (AvgIpc) is 1.99. The van der Waals surface area contributed by atoms with Gasteiger partial charge in [-0.1, -0.05) is 0 Å². The number of H-pyrrole nitrogens is 1. The van der Waals surface area contributed by atoms with E-state index in [-0.39, 0.29) is 0 Å². The van der Waals surface area contributed by atoms with Crippen molar-refractivity contribution in [2.75, 3.05) is 5.73 Å². The normalized spacial score (nSPS) is 12.0. The number of rotatable bonds is 2. The number of nitrogen functional groups attached to an aromatic ring is 1. The summed E-state index contributed by atoms with van der Waals surface area (Å²) in [5, 5.41) is 0. The standard InChI is InChI=1S/C6H5ClF2N2O3S/c7-15(13,14)2-1-3(12)11-6(10)4(2)5(8)9/h1,5H,(H3,10,11,12). The number of hydrogen-bond acceptors (Lipinski definition) is 4. The summed E-state index contributed by atoms with van der Waals surface area (Å²) in [4.78, 5) is 11.7. The van der Waals surface area contributed by atoms with Gasteiger partial charge in [-0.25, -0.2) is 17.2 Å². The highest BCUT2D eigenvalue weighted by Crippen LogP contribution is 2.30. The Balaban J connectivity index is 3.70. The first-order valence-electron chi connectivity index (χ1n) is 3.49. The van der Waals surface area contributed by atoms with Gasteiger partial charge in [0.2, 0.25) is 0 Å². The van der Waals surface area contributed by atoms with Crippen LogP contribution in [0.2, 0.25) is 0 Å². The maximum atomic E-state index is 12.4. The van der Waals surface area contributed by atoms with E-state index in [1.807, 2.05) is 4.98 Å². The van der Waals surface area contributed by atoms with Crippen LogP contribution in [0.15, 0.2) is 15.8 Å². The molecule has 1 heterocycles. The molecule has 0 aliphatic carbocycles. The molecule has 0 saturated heterocycles. The number of aromatic nitrogens is 1. The van der Waals surface area contributed by atoms with Crippen LogP contribution in [0.3, 0.4) is 0 Å². The summed E-state index contributed by atoms with van der Waals surface area (Å²) in [7, 11) is 0.451. The zero-order valence-electron chi connectivity index (χ0n) is 7.00. The van der Waals surface area contributed by atoms with Crippen LogP contribution in [0.5, 0.6) is 0 Å². The summed E-state index contributed by atoms with van der Waals surface area (Å²) in [5.74, 6) is -0.711. The van der Waals surface area contributed by atoms with Crippen molar-refractivity contribution in [2.45, 2.75) is 11.3 Å². The predicted molar refractivity (Wildman–Crippen MR) is 49.5 cm³/mol. The van der Waals surface area contributed by atoms with E-state index in [1.54, 1.807) is 0 Å². The van der Waals surface area contributed by atoms with Gasteiger partial charge in [0.15, 0.2) is 0 Å². The molecular formula is C6H5ClF2N2O3S. The molecule has 0 radical (unpaired) electrons. The lowest BCUT2D eigenvalue weighted by atomic mass is 10.2. The molecule has 5 nitrogen and oxygen atoms in total. The molecule has 9 heteroatoms. The molecule has 3 N–H and O–H groups in total. The maximum Gasteiger partial charge on any atom is 0.268 e.